The molecule has 8 fully saturated rings. The number of benzene rings is 1. The van der Waals surface area contributed by atoms with Gasteiger partial charge in [-0.25, -0.2) is 4.79 Å². The summed E-state index contributed by atoms with van der Waals surface area (Å²) in [5, 5.41) is 66.9. The summed E-state index contributed by atoms with van der Waals surface area (Å²) in [6, 6.07) is 9.44. The van der Waals surface area contributed by atoms with E-state index in [-0.39, 0.29) is 37.6 Å². The highest BCUT2D eigenvalue weighted by atomic mass is 16.8. The average molecular weight is 1230 g/mol. The van der Waals surface area contributed by atoms with E-state index in [2.05, 4.69) is 13.0 Å². The molecule has 5 saturated heterocycles. The van der Waals surface area contributed by atoms with Gasteiger partial charge in [0.05, 0.1) is 61.5 Å². The minimum atomic E-state index is -1.70. The van der Waals surface area contributed by atoms with Gasteiger partial charge in [0, 0.05) is 77.4 Å². The molecular formula is C64H96O23. The Morgan fingerprint density at radius 3 is 1.61 bits per heavy atom. The van der Waals surface area contributed by atoms with Crippen LogP contribution in [0.2, 0.25) is 0 Å². The molecule has 490 valence electrons. The molecule has 9 aliphatic rings. The van der Waals surface area contributed by atoms with Crippen LogP contribution in [0.25, 0.3) is 6.08 Å². The predicted molar refractivity (Wildman–Crippen MR) is 307 cm³/mol. The van der Waals surface area contributed by atoms with Crippen LogP contribution >= 0.6 is 0 Å². The first-order chi connectivity index (χ1) is 41.4. The van der Waals surface area contributed by atoms with E-state index in [1.54, 1.807) is 34.3 Å². The number of ether oxygens (including phenoxy) is 15. The number of aliphatic hydroxyl groups excluding tert-OH is 4. The monoisotopic (exact) mass is 1230 g/mol. The van der Waals surface area contributed by atoms with Crippen molar-refractivity contribution >= 4 is 17.8 Å². The van der Waals surface area contributed by atoms with E-state index in [9.17, 15) is 40.2 Å². The molecule has 5 aliphatic heterocycles. The third-order valence-electron chi connectivity index (χ3n) is 21.5. The first-order valence-corrected chi connectivity index (χ1v) is 31.3. The number of aliphatic hydroxyl groups is 6. The van der Waals surface area contributed by atoms with Crippen LogP contribution in [0.1, 0.15) is 125 Å². The molecule has 3 saturated carbocycles. The molecule has 4 aliphatic carbocycles. The molecule has 5 heterocycles. The van der Waals surface area contributed by atoms with Gasteiger partial charge in [-0.05, 0) is 96.6 Å². The lowest BCUT2D eigenvalue weighted by Crippen LogP contribution is -2.75. The van der Waals surface area contributed by atoms with E-state index in [1.165, 1.54) is 20.1 Å². The maximum Gasteiger partial charge on any atom is 0.331 e. The number of rotatable bonds is 19. The molecule has 1 aromatic carbocycles. The number of carbonyl (C=O) groups excluding carboxylic acids is 2. The van der Waals surface area contributed by atoms with Gasteiger partial charge in [-0.1, -0.05) is 55.8 Å². The second-order valence-corrected chi connectivity index (χ2v) is 26.3. The van der Waals surface area contributed by atoms with Gasteiger partial charge >= 0.3 is 5.97 Å². The molecule has 29 atom stereocenters. The van der Waals surface area contributed by atoms with Crippen molar-refractivity contribution in [1.29, 1.82) is 0 Å². The number of hydrogen-bond acceptors (Lipinski definition) is 23. The normalized spacial score (nSPS) is 48.4. The van der Waals surface area contributed by atoms with Crippen LogP contribution < -0.4 is 0 Å². The van der Waals surface area contributed by atoms with Crippen LogP contribution in [0.15, 0.2) is 48.1 Å². The predicted octanol–water partition coefficient (Wildman–Crippen LogP) is 3.94. The topological polar surface area (TPSA) is 294 Å². The third kappa shape index (κ3) is 12.8. The largest absolute Gasteiger partial charge is 0.458 e. The number of Topliss-reactive ketones (excluding diaryl/α,β-unsaturated/α-hetero) is 1. The van der Waals surface area contributed by atoms with Crippen molar-refractivity contribution in [2.24, 2.45) is 22.7 Å². The number of ketones is 1. The molecule has 0 aromatic heterocycles. The van der Waals surface area contributed by atoms with Gasteiger partial charge < -0.3 is 102 Å². The highest BCUT2D eigenvalue weighted by Crippen LogP contribution is 2.70. The van der Waals surface area contributed by atoms with Crippen LogP contribution in [0.5, 0.6) is 0 Å². The summed E-state index contributed by atoms with van der Waals surface area (Å²) in [5.41, 5.74) is -3.11. The molecule has 23 heteroatoms. The summed E-state index contributed by atoms with van der Waals surface area (Å²) in [6.07, 6.45) is -8.26. The van der Waals surface area contributed by atoms with Crippen molar-refractivity contribution in [1.82, 2.24) is 0 Å². The molecule has 0 radical (unpaired) electrons. The van der Waals surface area contributed by atoms with Crippen LogP contribution in [0, 0.1) is 22.7 Å². The summed E-state index contributed by atoms with van der Waals surface area (Å²) in [7, 11) is 6.38. The number of methoxy groups -OCH3 is 4. The summed E-state index contributed by atoms with van der Waals surface area (Å²) >= 11 is 0. The van der Waals surface area contributed by atoms with Gasteiger partial charge in [-0.2, -0.15) is 0 Å². The standard InChI is InChI=1S/C64H96O23/c1-32(66)40-21-24-64(72)62(40,7)47(83-48(67)18-17-37-15-13-12-14-16-37)30-46-61(6)22-20-39(25-38(61)19-23-63(46,64)71)81-49-26-41(73-8)56(33(2)77-49)84-50-27-42(74-9)57(34(3)78-50)85-51-28-43(75-10)58(35(4)79-51)86-52-29-44(76-11)59(36(5)80-52)87-60-55(70)54(69)53(68)45(31-65)82-60/h12-19,33-36,39-47,49-60,65,68-72H,20-31H2,1-11H3/b18-17+/t33-,34-,35-,36-,39+,40+,41+,42+,43-,44-,45-,46-,47-,49+,50+,51+,52+,53-,54+,55-,56-,57-,58-,59-,60+,61+,62+,63+,64-/m1/s1. The average Bonchev–Trinajstić information content (AvgIpc) is 1.64. The fourth-order valence-corrected chi connectivity index (χ4v) is 16.6. The molecule has 0 unspecified atom stereocenters. The van der Waals surface area contributed by atoms with E-state index in [1.807, 2.05) is 58.0 Å². The molecule has 23 nitrogen and oxygen atoms in total. The first-order valence-electron chi connectivity index (χ1n) is 31.3. The second-order valence-electron chi connectivity index (χ2n) is 26.3. The quantitative estimate of drug-likeness (QED) is 0.0649. The molecule has 0 amide bonds. The number of fused-ring (bicyclic) bond motifs is 5. The Hall–Kier alpha value is -2.96. The van der Waals surface area contributed by atoms with Crippen LogP contribution in [0.3, 0.4) is 0 Å². The summed E-state index contributed by atoms with van der Waals surface area (Å²) in [4.78, 5) is 26.9. The minimum Gasteiger partial charge on any atom is -0.458 e. The van der Waals surface area contributed by atoms with Crippen molar-refractivity contribution in [2.45, 2.75) is 272 Å². The summed E-state index contributed by atoms with van der Waals surface area (Å²) < 4.78 is 94.5. The fourth-order valence-electron chi connectivity index (χ4n) is 16.6. The van der Waals surface area contributed by atoms with Crippen molar-refractivity contribution in [3.05, 3.63) is 53.6 Å². The molecule has 1 aromatic rings. The second kappa shape index (κ2) is 27.3. The zero-order valence-electron chi connectivity index (χ0n) is 52.2. The van der Waals surface area contributed by atoms with E-state index in [0.717, 1.165) is 11.1 Å². The number of hydrogen-bond donors (Lipinski definition) is 6. The molecule has 6 N–H and O–H groups in total. The van der Waals surface area contributed by atoms with Crippen molar-refractivity contribution in [3.8, 4) is 0 Å². The van der Waals surface area contributed by atoms with Crippen molar-refractivity contribution in [2.75, 3.05) is 35.0 Å². The van der Waals surface area contributed by atoms with Gasteiger partial charge in [0.15, 0.2) is 31.5 Å². The van der Waals surface area contributed by atoms with Crippen molar-refractivity contribution < 1.29 is 111 Å². The van der Waals surface area contributed by atoms with Gasteiger partial charge in [0.2, 0.25) is 0 Å². The third-order valence-corrected chi connectivity index (χ3v) is 21.5. The Morgan fingerprint density at radius 2 is 1.13 bits per heavy atom. The van der Waals surface area contributed by atoms with E-state index in [4.69, 9.17) is 71.1 Å². The highest BCUT2D eigenvalue weighted by molar-refractivity contribution is 5.87. The molecular weight excluding hydrogens is 1140 g/mol. The zero-order valence-corrected chi connectivity index (χ0v) is 52.2. The maximum absolute atomic E-state index is 13.6. The Balaban J connectivity index is 0.718. The SMILES string of the molecule is CO[C@H]1C[C@H](O[C@H]2CC[C@@]3(C)C(=CC[C@]4(O)[C@@H]3C[C@@H](OC(=O)/C=C/c3ccccc3)[C@]3(C)[C@H](C(C)=O)CC[C@@]34O)C2)O[C@H](C)[C@H]1O[C@H]1C[C@H](OC)[C@H](O[C@H]2C[C@@H](OC)[C@H](O[C@H]3C[C@@H](OC)[C@H](O[C@@H]4O[C@H](CO)[C@@H](O)[C@H](O)[C@H]4O)[C@@H](C)O3)[C@@H](C)O2)[C@@H](C)O1. The highest BCUT2D eigenvalue weighted by Gasteiger charge is 2.77. The molecule has 0 spiro atoms. The van der Waals surface area contributed by atoms with Gasteiger partial charge in [-0.15, -0.1) is 0 Å². The molecule has 0 bridgehead atoms. The Morgan fingerprint density at radius 1 is 0.632 bits per heavy atom. The first kappa shape index (κ1) is 66.9. The van der Waals surface area contributed by atoms with Crippen LogP contribution in [0.4, 0.5) is 0 Å². The Labute approximate surface area is 510 Å². The lowest BCUT2D eigenvalue weighted by Gasteiger charge is -2.66. The number of esters is 1. The Bertz CT molecular complexity index is 2540. The van der Waals surface area contributed by atoms with Gasteiger partial charge in [0.1, 0.15) is 71.9 Å². The van der Waals surface area contributed by atoms with Crippen LogP contribution in [-0.2, 0) is 80.6 Å². The lowest BCUT2D eigenvalue weighted by atomic mass is 9.43. The smallest absolute Gasteiger partial charge is 0.331 e. The lowest BCUT2D eigenvalue weighted by molar-refractivity contribution is -0.358. The van der Waals surface area contributed by atoms with E-state index in [0.29, 0.717) is 44.9 Å². The van der Waals surface area contributed by atoms with E-state index < -0.39 is 182 Å². The zero-order chi connectivity index (χ0) is 62.5. The fraction of sp³-hybridized carbons (Fsp3) is 0.812. The minimum absolute atomic E-state index is 0.0982. The maximum atomic E-state index is 13.6. The van der Waals surface area contributed by atoms with Gasteiger partial charge in [-0.3, -0.25) is 4.79 Å². The van der Waals surface area contributed by atoms with E-state index >= 15 is 0 Å². The van der Waals surface area contributed by atoms with Crippen LogP contribution in [-0.4, -0.2) is 230 Å². The molecule has 87 heavy (non-hydrogen) atoms. The molecule has 10 rings (SSSR count). The Kier molecular flexibility index (Phi) is 21.0. The number of carbonyl (C=O) groups is 2. The van der Waals surface area contributed by atoms with Gasteiger partial charge in [0.25, 0.3) is 0 Å². The summed E-state index contributed by atoms with van der Waals surface area (Å²) in [6.45, 7) is 12.4. The summed E-state index contributed by atoms with van der Waals surface area (Å²) in [5.74, 6) is -1.74. The van der Waals surface area contributed by atoms with Crippen molar-refractivity contribution in [3.63, 3.8) is 0 Å².